The lowest BCUT2D eigenvalue weighted by molar-refractivity contribution is -0.0103. The molecule has 0 saturated carbocycles. The molecule has 4 aromatic rings. The van der Waals surface area contributed by atoms with Gasteiger partial charge < -0.3 is 5.73 Å². The van der Waals surface area contributed by atoms with Gasteiger partial charge in [-0.1, -0.05) is 78.4 Å². The lowest BCUT2D eigenvalue weighted by atomic mass is 9.84. The van der Waals surface area contributed by atoms with Crippen molar-refractivity contribution in [3.8, 4) is 28.3 Å². The van der Waals surface area contributed by atoms with E-state index in [0.717, 1.165) is 5.56 Å². The van der Waals surface area contributed by atoms with Crippen LogP contribution in [0.3, 0.4) is 0 Å². The molecular weight excluding hydrogens is 490 g/mol. The Morgan fingerprint density at radius 3 is 1.81 bits per heavy atom. The van der Waals surface area contributed by atoms with E-state index in [1.54, 1.807) is 79.7 Å². The van der Waals surface area contributed by atoms with Gasteiger partial charge in [0, 0.05) is 11.1 Å². The van der Waals surface area contributed by atoms with Crippen LogP contribution in [0.25, 0.3) is 22.3 Å². The van der Waals surface area contributed by atoms with Crippen molar-refractivity contribution in [3.05, 3.63) is 107 Å². The van der Waals surface area contributed by atoms with Crippen molar-refractivity contribution in [3.63, 3.8) is 0 Å². The third kappa shape index (κ3) is 3.94. The molecule has 2 N–H and O–H groups in total. The number of fused-ring (bicyclic) bond motifs is 1. The van der Waals surface area contributed by atoms with E-state index in [1.807, 2.05) is 0 Å². The van der Waals surface area contributed by atoms with Crippen molar-refractivity contribution in [2.45, 2.75) is 11.8 Å². The third-order valence-electron chi connectivity index (χ3n) is 6.05. The van der Waals surface area contributed by atoms with E-state index >= 15 is 0 Å². The second-order valence-electron chi connectivity index (χ2n) is 8.38. The minimum atomic E-state index is -4.53. The monoisotopic (exact) mass is 509 g/mol. The van der Waals surface area contributed by atoms with Crippen molar-refractivity contribution in [2.75, 3.05) is 5.73 Å². The standard InChI is InChI=1S/C28H19N3O5S/c1-17-12-14-20(15-13-17)37(34,35)36-31-27(32)24-23(19-10-6-3-7-11-19)22(18-8-4-2-5-9-18)21(16-29)26(30)25(24)28(31)33/h2-15H,30H2,1H3. The predicted molar refractivity (Wildman–Crippen MR) is 136 cm³/mol. The van der Waals surface area contributed by atoms with Gasteiger partial charge in [0.05, 0.1) is 27.3 Å². The van der Waals surface area contributed by atoms with Crippen LogP contribution < -0.4 is 5.73 Å². The average molecular weight is 510 g/mol. The summed E-state index contributed by atoms with van der Waals surface area (Å²) in [5.74, 6) is -2.07. The molecule has 0 spiro atoms. The van der Waals surface area contributed by atoms with Crippen LogP contribution in [0.4, 0.5) is 5.69 Å². The SMILES string of the molecule is Cc1ccc(S(=O)(=O)ON2C(=O)c3c(N)c(C#N)c(-c4ccccc4)c(-c4ccccc4)c3C2=O)cc1. The number of hydrogen-bond donors (Lipinski definition) is 1. The smallest absolute Gasteiger partial charge is 0.318 e. The van der Waals surface area contributed by atoms with E-state index in [0.29, 0.717) is 16.7 Å². The molecule has 9 heteroatoms. The van der Waals surface area contributed by atoms with Gasteiger partial charge in [-0.05, 0) is 30.2 Å². The number of hydroxylamine groups is 2. The Kier molecular flexibility index (Phi) is 5.84. The van der Waals surface area contributed by atoms with E-state index in [4.69, 9.17) is 10.0 Å². The zero-order valence-corrected chi connectivity index (χ0v) is 20.3. The quantitative estimate of drug-likeness (QED) is 0.305. The topological polar surface area (TPSA) is 131 Å². The van der Waals surface area contributed by atoms with Crippen LogP contribution >= 0.6 is 0 Å². The van der Waals surface area contributed by atoms with E-state index in [-0.39, 0.29) is 37.9 Å². The summed E-state index contributed by atoms with van der Waals surface area (Å²) < 4.78 is 30.9. The van der Waals surface area contributed by atoms with Gasteiger partial charge in [0.2, 0.25) is 0 Å². The lowest BCUT2D eigenvalue weighted by Gasteiger charge is -2.17. The van der Waals surface area contributed by atoms with Gasteiger partial charge in [0.25, 0.3) is 11.8 Å². The number of hydrogen-bond acceptors (Lipinski definition) is 7. The van der Waals surface area contributed by atoms with E-state index in [2.05, 4.69) is 6.07 Å². The third-order valence-corrected chi connectivity index (χ3v) is 7.25. The summed E-state index contributed by atoms with van der Waals surface area (Å²) in [4.78, 5) is 26.9. The summed E-state index contributed by atoms with van der Waals surface area (Å²) in [5.41, 5.74) is 8.25. The minimum absolute atomic E-state index is 0.00630. The molecule has 2 amide bonds. The Balaban J connectivity index is 1.75. The summed E-state index contributed by atoms with van der Waals surface area (Å²) in [6.45, 7) is 1.78. The summed E-state index contributed by atoms with van der Waals surface area (Å²) in [7, 11) is -4.53. The molecule has 0 atom stereocenters. The van der Waals surface area contributed by atoms with Gasteiger partial charge >= 0.3 is 10.1 Å². The van der Waals surface area contributed by atoms with Crippen LogP contribution in [0.2, 0.25) is 0 Å². The summed E-state index contributed by atoms with van der Waals surface area (Å²) in [5, 5.41) is 10.3. The number of nitriles is 1. The number of carbonyl (C=O) groups excluding carboxylic acids is 2. The molecule has 5 rings (SSSR count). The van der Waals surface area contributed by atoms with Gasteiger partial charge in [0.15, 0.2) is 0 Å². The zero-order valence-electron chi connectivity index (χ0n) is 19.5. The largest absolute Gasteiger partial charge is 0.397 e. The Labute approximate surface area is 213 Å². The summed E-state index contributed by atoms with van der Waals surface area (Å²) >= 11 is 0. The highest BCUT2D eigenvalue weighted by atomic mass is 32.2. The Bertz CT molecular complexity index is 1710. The zero-order chi connectivity index (χ0) is 26.3. The second kappa shape index (κ2) is 9.02. The molecule has 0 unspecified atom stereocenters. The number of amides is 2. The molecule has 37 heavy (non-hydrogen) atoms. The molecule has 0 bridgehead atoms. The van der Waals surface area contributed by atoms with Crippen molar-refractivity contribution >= 4 is 27.6 Å². The maximum Gasteiger partial charge on any atom is 0.318 e. The highest BCUT2D eigenvalue weighted by molar-refractivity contribution is 7.86. The van der Waals surface area contributed by atoms with Gasteiger partial charge in [-0.2, -0.15) is 13.7 Å². The number of nitrogens with two attached hydrogens (primary N) is 1. The summed E-state index contributed by atoms with van der Waals surface area (Å²) in [6, 6.07) is 25.4. The number of anilines is 1. The van der Waals surface area contributed by atoms with E-state index < -0.39 is 21.9 Å². The fraction of sp³-hybridized carbons (Fsp3) is 0.0357. The lowest BCUT2D eigenvalue weighted by Crippen LogP contribution is -2.33. The highest BCUT2D eigenvalue weighted by Crippen LogP contribution is 2.46. The molecule has 0 radical (unpaired) electrons. The Morgan fingerprint density at radius 2 is 1.27 bits per heavy atom. The Hall–Kier alpha value is -4.78. The van der Waals surface area contributed by atoms with Crippen LogP contribution in [-0.4, -0.2) is 25.3 Å². The second-order valence-corrected chi connectivity index (χ2v) is 9.91. The van der Waals surface area contributed by atoms with Gasteiger partial charge in [-0.3, -0.25) is 9.59 Å². The van der Waals surface area contributed by atoms with Crippen molar-refractivity contribution < 1.29 is 22.3 Å². The van der Waals surface area contributed by atoms with Crippen LogP contribution in [0.15, 0.2) is 89.8 Å². The molecule has 0 saturated heterocycles. The van der Waals surface area contributed by atoms with Crippen LogP contribution in [0.5, 0.6) is 0 Å². The molecule has 1 aliphatic heterocycles. The minimum Gasteiger partial charge on any atom is -0.397 e. The number of nitrogens with zero attached hydrogens (tertiary/aromatic N) is 2. The maximum atomic E-state index is 13.7. The molecule has 1 aliphatic rings. The first-order valence-electron chi connectivity index (χ1n) is 11.1. The fourth-order valence-electron chi connectivity index (χ4n) is 4.32. The number of benzene rings is 4. The molecule has 1 heterocycles. The first kappa shape index (κ1) is 23.9. The van der Waals surface area contributed by atoms with E-state index in [9.17, 15) is 23.3 Å². The number of nitrogen functional groups attached to an aromatic ring is 1. The normalized spacial score (nSPS) is 12.9. The van der Waals surface area contributed by atoms with Crippen molar-refractivity contribution in [1.29, 1.82) is 5.26 Å². The summed E-state index contributed by atoms with van der Waals surface area (Å²) in [6.07, 6.45) is 0. The Morgan fingerprint density at radius 1 is 0.757 bits per heavy atom. The predicted octanol–water partition coefficient (Wildman–Crippen LogP) is 4.70. The van der Waals surface area contributed by atoms with Crippen molar-refractivity contribution in [2.24, 2.45) is 0 Å². The number of carbonyl (C=O) groups is 2. The molecule has 4 aromatic carbocycles. The van der Waals surface area contributed by atoms with Crippen molar-refractivity contribution in [1.82, 2.24) is 5.06 Å². The average Bonchev–Trinajstić information content (AvgIpc) is 3.14. The van der Waals surface area contributed by atoms with Gasteiger partial charge in [-0.15, -0.1) is 9.35 Å². The molecule has 182 valence electrons. The van der Waals surface area contributed by atoms with Crippen LogP contribution in [0.1, 0.15) is 31.8 Å². The molecule has 0 aliphatic carbocycles. The molecule has 0 fully saturated rings. The molecule has 8 nitrogen and oxygen atoms in total. The number of rotatable bonds is 5. The first-order valence-corrected chi connectivity index (χ1v) is 12.6. The maximum absolute atomic E-state index is 13.7. The number of aryl methyl sites for hydroxylation is 1. The molecular formula is C28H19N3O5S. The van der Waals surface area contributed by atoms with Gasteiger partial charge in [-0.25, -0.2) is 0 Å². The fourth-order valence-corrected chi connectivity index (χ4v) is 5.20. The first-order chi connectivity index (χ1) is 17.7. The van der Waals surface area contributed by atoms with Crippen LogP contribution in [0, 0.1) is 18.3 Å². The highest BCUT2D eigenvalue weighted by Gasteiger charge is 2.45. The van der Waals surface area contributed by atoms with E-state index in [1.165, 1.54) is 12.1 Å². The van der Waals surface area contributed by atoms with Gasteiger partial charge in [0.1, 0.15) is 6.07 Å². The van der Waals surface area contributed by atoms with Crippen LogP contribution in [-0.2, 0) is 14.4 Å². The number of imide groups is 1. The molecule has 0 aromatic heterocycles.